The van der Waals surface area contributed by atoms with Crippen LogP contribution in [0.15, 0.2) is 29.8 Å². The van der Waals surface area contributed by atoms with Gasteiger partial charge in [-0.2, -0.15) is 0 Å². The van der Waals surface area contributed by atoms with Crippen molar-refractivity contribution in [1.82, 2.24) is 0 Å². The van der Waals surface area contributed by atoms with Gasteiger partial charge in [-0.05, 0) is 25.1 Å². The van der Waals surface area contributed by atoms with E-state index in [1.54, 1.807) is 6.07 Å². The van der Waals surface area contributed by atoms with Crippen LogP contribution < -0.4 is 5.32 Å². The number of nitrogens with one attached hydrogen (secondary N) is 1. The number of hydrogen-bond donors (Lipinski definition) is 1. The van der Waals surface area contributed by atoms with Crippen LogP contribution in [0.2, 0.25) is 10.0 Å². The average molecular weight is 258 g/mol. The monoisotopic (exact) mass is 257 g/mol. The van der Waals surface area contributed by atoms with Crippen molar-refractivity contribution in [3.05, 3.63) is 39.9 Å². The molecule has 1 aliphatic heterocycles. The van der Waals surface area contributed by atoms with E-state index >= 15 is 0 Å². The van der Waals surface area contributed by atoms with Crippen molar-refractivity contribution in [2.75, 3.05) is 18.5 Å². The van der Waals surface area contributed by atoms with Gasteiger partial charge in [-0.15, -0.1) is 0 Å². The summed E-state index contributed by atoms with van der Waals surface area (Å²) in [5.41, 5.74) is 2.16. The molecule has 0 aliphatic carbocycles. The summed E-state index contributed by atoms with van der Waals surface area (Å²) in [5, 5.41) is 4.61. The van der Waals surface area contributed by atoms with Gasteiger partial charge in [0.25, 0.3) is 0 Å². The van der Waals surface area contributed by atoms with E-state index in [2.05, 4.69) is 18.3 Å². The van der Waals surface area contributed by atoms with Crippen molar-refractivity contribution in [3.63, 3.8) is 0 Å². The quantitative estimate of drug-likeness (QED) is 0.815. The smallest absolute Gasteiger partial charge is 0.0710 e. The van der Waals surface area contributed by atoms with Crippen LogP contribution in [0.5, 0.6) is 0 Å². The Hall–Kier alpha value is -0.700. The second kappa shape index (κ2) is 5.09. The summed E-state index contributed by atoms with van der Waals surface area (Å²) < 4.78 is 5.38. The number of benzene rings is 1. The molecule has 0 radical (unpaired) electrons. The normalized spacial score (nSPS) is 20.4. The first kappa shape index (κ1) is 11.8. The first-order chi connectivity index (χ1) is 7.66. The second-order valence-corrected chi connectivity index (χ2v) is 4.65. The van der Waals surface area contributed by atoms with Crippen LogP contribution in [0.3, 0.4) is 0 Å². The maximum atomic E-state index is 6.09. The highest BCUT2D eigenvalue weighted by Crippen LogP contribution is 2.27. The largest absolute Gasteiger partial charge is 0.375 e. The van der Waals surface area contributed by atoms with E-state index in [1.165, 1.54) is 5.57 Å². The molecule has 1 aromatic rings. The zero-order chi connectivity index (χ0) is 11.5. The molecule has 0 amide bonds. The highest BCUT2D eigenvalue weighted by Gasteiger charge is 2.15. The molecule has 0 saturated heterocycles. The van der Waals surface area contributed by atoms with Crippen molar-refractivity contribution >= 4 is 28.9 Å². The summed E-state index contributed by atoms with van der Waals surface area (Å²) in [6, 6.07) is 5.62. The molecule has 0 aromatic heterocycles. The molecule has 2 nitrogen and oxygen atoms in total. The Bertz CT molecular complexity index is 417. The van der Waals surface area contributed by atoms with Crippen LogP contribution in [0.1, 0.15) is 6.92 Å². The summed E-state index contributed by atoms with van der Waals surface area (Å²) in [6.07, 6.45) is 2.07. The fourth-order valence-corrected chi connectivity index (χ4v) is 2.06. The molecule has 1 atom stereocenters. The summed E-state index contributed by atoms with van der Waals surface area (Å²) in [4.78, 5) is 0. The number of ether oxygens (including phenoxy) is 1. The molecule has 1 aromatic carbocycles. The topological polar surface area (TPSA) is 21.3 Å². The molecule has 0 saturated carbocycles. The van der Waals surface area contributed by atoms with Crippen LogP contribution in [-0.2, 0) is 4.74 Å². The minimum atomic E-state index is 0.187. The first-order valence-corrected chi connectivity index (χ1v) is 5.88. The van der Waals surface area contributed by atoms with Crippen LogP contribution in [0.25, 0.3) is 0 Å². The molecule has 16 heavy (non-hydrogen) atoms. The van der Waals surface area contributed by atoms with Gasteiger partial charge >= 0.3 is 0 Å². The van der Waals surface area contributed by atoms with Gasteiger partial charge in [-0.3, -0.25) is 0 Å². The zero-order valence-electron chi connectivity index (χ0n) is 8.97. The average Bonchev–Trinajstić information content (AvgIpc) is 2.25. The second-order valence-electron chi connectivity index (χ2n) is 3.81. The Balaban J connectivity index is 2.14. The van der Waals surface area contributed by atoms with Gasteiger partial charge in [0.15, 0.2) is 0 Å². The van der Waals surface area contributed by atoms with E-state index < -0.39 is 0 Å². The highest BCUT2D eigenvalue weighted by atomic mass is 35.5. The number of anilines is 1. The molecule has 1 unspecified atom stereocenters. The van der Waals surface area contributed by atoms with Gasteiger partial charge < -0.3 is 10.1 Å². The predicted molar refractivity (Wildman–Crippen MR) is 68.4 cm³/mol. The molecule has 0 bridgehead atoms. The number of halogens is 2. The lowest BCUT2D eigenvalue weighted by molar-refractivity contribution is 0.147. The van der Waals surface area contributed by atoms with Crippen molar-refractivity contribution in [2.24, 2.45) is 0 Å². The van der Waals surface area contributed by atoms with Crippen molar-refractivity contribution in [3.8, 4) is 0 Å². The van der Waals surface area contributed by atoms with Gasteiger partial charge in [0.1, 0.15) is 0 Å². The summed E-state index contributed by atoms with van der Waals surface area (Å²) >= 11 is 11.9. The van der Waals surface area contributed by atoms with Gasteiger partial charge in [0.05, 0.1) is 30.0 Å². The third kappa shape index (κ3) is 2.70. The highest BCUT2D eigenvalue weighted by molar-refractivity contribution is 6.36. The Morgan fingerprint density at radius 3 is 2.88 bits per heavy atom. The molecule has 86 valence electrons. The molecular formula is C12H13Cl2NO. The van der Waals surface area contributed by atoms with Gasteiger partial charge in [-0.25, -0.2) is 0 Å². The lowest BCUT2D eigenvalue weighted by Gasteiger charge is -2.24. The van der Waals surface area contributed by atoms with Gasteiger partial charge in [-0.1, -0.05) is 34.9 Å². The molecule has 1 heterocycles. The van der Waals surface area contributed by atoms with E-state index in [4.69, 9.17) is 27.9 Å². The maximum Gasteiger partial charge on any atom is 0.0710 e. The molecule has 4 heteroatoms. The Labute approximate surface area is 105 Å². The zero-order valence-corrected chi connectivity index (χ0v) is 10.5. The standard InChI is InChI=1S/C12H13Cl2NO/c1-8-4-5-16-7-12(8)15-11-3-2-9(13)6-10(11)14/h2-4,6,12,15H,5,7H2,1H3. The summed E-state index contributed by atoms with van der Waals surface area (Å²) in [5.74, 6) is 0. The maximum absolute atomic E-state index is 6.09. The van der Waals surface area contributed by atoms with Gasteiger partial charge in [0, 0.05) is 5.02 Å². The SMILES string of the molecule is CC1=CCOCC1Nc1ccc(Cl)cc1Cl. The third-order valence-electron chi connectivity index (χ3n) is 2.62. The summed E-state index contributed by atoms with van der Waals surface area (Å²) in [7, 11) is 0. The lowest BCUT2D eigenvalue weighted by atomic mass is 10.1. The van der Waals surface area contributed by atoms with Gasteiger partial charge in [0.2, 0.25) is 0 Å². The van der Waals surface area contributed by atoms with E-state index in [9.17, 15) is 0 Å². The minimum Gasteiger partial charge on any atom is -0.375 e. The Morgan fingerprint density at radius 2 is 2.19 bits per heavy atom. The lowest BCUT2D eigenvalue weighted by Crippen LogP contribution is -2.30. The molecule has 1 aliphatic rings. The van der Waals surface area contributed by atoms with E-state index in [1.807, 2.05) is 12.1 Å². The van der Waals surface area contributed by atoms with E-state index in [-0.39, 0.29) is 6.04 Å². The van der Waals surface area contributed by atoms with Crippen molar-refractivity contribution in [2.45, 2.75) is 13.0 Å². The number of hydrogen-bond acceptors (Lipinski definition) is 2. The third-order valence-corrected chi connectivity index (χ3v) is 3.17. The Morgan fingerprint density at radius 1 is 1.38 bits per heavy atom. The predicted octanol–water partition coefficient (Wildman–Crippen LogP) is 3.75. The summed E-state index contributed by atoms with van der Waals surface area (Å²) in [6.45, 7) is 3.45. The Kier molecular flexibility index (Phi) is 3.74. The fourth-order valence-electron chi connectivity index (χ4n) is 1.60. The van der Waals surface area contributed by atoms with Crippen LogP contribution in [0, 0.1) is 0 Å². The van der Waals surface area contributed by atoms with Crippen molar-refractivity contribution < 1.29 is 4.74 Å². The molecular weight excluding hydrogens is 245 g/mol. The van der Waals surface area contributed by atoms with E-state index in [0.717, 1.165) is 5.69 Å². The molecule has 2 rings (SSSR count). The molecule has 0 fully saturated rings. The first-order valence-electron chi connectivity index (χ1n) is 5.13. The fraction of sp³-hybridized carbons (Fsp3) is 0.333. The van der Waals surface area contributed by atoms with Crippen LogP contribution in [-0.4, -0.2) is 19.3 Å². The van der Waals surface area contributed by atoms with Crippen molar-refractivity contribution in [1.29, 1.82) is 0 Å². The number of rotatable bonds is 2. The van der Waals surface area contributed by atoms with E-state index in [0.29, 0.717) is 23.3 Å². The van der Waals surface area contributed by atoms with Crippen LogP contribution >= 0.6 is 23.2 Å². The molecule has 0 spiro atoms. The minimum absolute atomic E-state index is 0.187. The molecule has 1 N–H and O–H groups in total. The van der Waals surface area contributed by atoms with Crippen LogP contribution in [0.4, 0.5) is 5.69 Å².